The van der Waals surface area contributed by atoms with Crippen LogP contribution < -0.4 is 4.72 Å². The first kappa shape index (κ1) is 32.4. The zero-order valence-electron chi connectivity index (χ0n) is 22.1. The summed E-state index contributed by atoms with van der Waals surface area (Å²) in [6, 6.07) is 12.7. The van der Waals surface area contributed by atoms with E-state index in [0.29, 0.717) is 43.2 Å². The molecule has 1 aliphatic rings. The van der Waals surface area contributed by atoms with Crippen LogP contribution >= 0.6 is 23.2 Å². The average Bonchev–Trinajstić information content (AvgIpc) is 3.34. The van der Waals surface area contributed by atoms with E-state index in [1.807, 2.05) is 0 Å². The lowest BCUT2D eigenvalue weighted by atomic mass is 10.0. The molecule has 1 heterocycles. The molecule has 0 amide bonds. The number of alkyl halides is 3. The Morgan fingerprint density at radius 1 is 1.00 bits per heavy atom. The fraction of sp³-hybridized carbons (Fsp3) is 0.321. The predicted molar refractivity (Wildman–Crippen MR) is 156 cm³/mol. The highest BCUT2D eigenvalue weighted by atomic mass is 35.5. The van der Waals surface area contributed by atoms with E-state index in [4.69, 9.17) is 23.2 Å². The number of carbonyl (C=O) groups excluding carboxylic acids is 1. The van der Waals surface area contributed by atoms with Gasteiger partial charge in [0.2, 0.25) is 0 Å². The van der Waals surface area contributed by atoms with Crippen molar-refractivity contribution >= 4 is 55.5 Å². The molecule has 1 atom stereocenters. The zero-order chi connectivity index (χ0) is 30.7. The molecule has 0 radical (unpaired) electrons. The number of ketones is 1. The molecule has 3 aromatic carbocycles. The zero-order valence-corrected chi connectivity index (χ0v) is 25.3. The maximum absolute atomic E-state index is 13.3. The molecule has 0 bridgehead atoms. The van der Waals surface area contributed by atoms with Gasteiger partial charge >= 0.3 is 6.18 Å². The van der Waals surface area contributed by atoms with Gasteiger partial charge in [0.05, 0.1) is 62.3 Å². The third kappa shape index (κ3) is 8.12. The van der Waals surface area contributed by atoms with Gasteiger partial charge in [0.25, 0.3) is 10.0 Å². The molecule has 42 heavy (non-hydrogen) atoms. The lowest BCUT2D eigenvalue weighted by Crippen LogP contribution is -2.39. The summed E-state index contributed by atoms with van der Waals surface area (Å²) in [7, 11) is -6.36. The molecule has 0 aliphatic carbocycles. The van der Waals surface area contributed by atoms with Crippen LogP contribution in [-0.4, -0.2) is 42.7 Å². The lowest BCUT2D eigenvalue weighted by molar-refractivity contribution is -0.868. The SMILES string of the molecule is O=C(CCC[N+]1([O-])CCCC1)c1ccc(CS(=O)c2ccc(Cl)cc2NS(=O)(=O)c2ccc(Cl)c(C(F)(F)F)c2)cc1. The van der Waals surface area contributed by atoms with Crippen LogP contribution in [0, 0.1) is 5.21 Å². The Morgan fingerprint density at radius 3 is 2.31 bits per heavy atom. The fourth-order valence-corrected chi connectivity index (χ4v) is 7.48. The molecule has 3 aromatic rings. The highest BCUT2D eigenvalue weighted by Gasteiger charge is 2.34. The Hall–Kier alpha value is -2.48. The number of nitrogens with one attached hydrogen (secondary N) is 1. The minimum absolute atomic E-state index is 0.0415. The number of sulfonamides is 1. The summed E-state index contributed by atoms with van der Waals surface area (Å²) in [5.74, 6) is -0.140. The number of anilines is 1. The number of hydrogen-bond acceptors (Lipinski definition) is 5. The van der Waals surface area contributed by atoms with Gasteiger partial charge in [0.1, 0.15) is 0 Å². The summed E-state index contributed by atoms with van der Waals surface area (Å²) < 4.78 is 81.1. The van der Waals surface area contributed by atoms with Crippen molar-refractivity contribution in [3.8, 4) is 0 Å². The molecule has 226 valence electrons. The monoisotopic (exact) mass is 662 g/mol. The van der Waals surface area contributed by atoms with E-state index in [0.717, 1.165) is 25.0 Å². The van der Waals surface area contributed by atoms with Crippen molar-refractivity contribution in [1.82, 2.24) is 0 Å². The third-order valence-electron chi connectivity index (χ3n) is 6.91. The van der Waals surface area contributed by atoms with Crippen LogP contribution in [0.2, 0.25) is 10.0 Å². The predicted octanol–water partition coefficient (Wildman–Crippen LogP) is 7.19. The van der Waals surface area contributed by atoms with Gasteiger partial charge in [-0.3, -0.25) is 13.7 Å². The van der Waals surface area contributed by atoms with Crippen LogP contribution in [0.3, 0.4) is 0 Å². The van der Waals surface area contributed by atoms with Crippen LogP contribution in [0.25, 0.3) is 0 Å². The number of hydroxylamine groups is 3. The number of halogens is 5. The highest BCUT2D eigenvalue weighted by molar-refractivity contribution is 7.92. The van der Waals surface area contributed by atoms with Crippen LogP contribution in [0.15, 0.2) is 70.5 Å². The van der Waals surface area contributed by atoms with Crippen molar-refractivity contribution < 1.29 is 35.2 Å². The quantitative estimate of drug-likeness (QED) is 0.133. The van der Waals surface area contributed by atoms with E-state index in [1.165, 1.54) is 18.2 Å². The molecule has 1 fully saturated rings. The van der Waals surface area contributed by atoms with Gasteiger partial charge < -0.3 is 9.85 Å². The van der Waals surface area contributed by atoms with Gasteiger partial charge in [-0.05, 0) is 42.0 Å². The average molecular weight is 664 g/mol. The molecular formula is C28H27Cl2F3N2O5S2. The van der Waals surface area contributed by atoms with Gasteiger partial charge in [0, 0.05) is 36.3 Å². The van der Waals surface area contributed by atoms with Crippen LogP contribution in [0.1, 0.15) is 47.2 Å². The highest BCUT2D eigenvalue weighted by Crippen LogP contribution is 2.36. The van der Waals surface area contributed by atoms with Crippen LogP contribution in [-0.2, 0) is 32.8 Å². The summed E-state index contributed by atoms with van der Waals surface area (Å²) in [5.41, 5.74) is -0.411. The maximum atomic E-state index is 13.3. The number of benzene rings is 3. The van der Waals surface area contributed by atoms with Gasteiger partial charge in [-0.25, -0.2) is 8.42 Å². The molecule has 1 saturated heterocycles. The van der Waals surface area contributed by atoms with Gasteiger partial charge in [-0.1, -0.05) is 47.5 Å². The van der Waals surface area contributed by atoms with Gasteiger partial charge in [0.15, 0.2) is 5.78 Å². The number of quaternary nitrogens is 1. The van der Waals surface area contributed by atoms with Crippen molar-refractivity contribution in [2.45, 2.75) is 47.4 Å². The van der Waals surface area contributed by atoms with E-state index in [9.17, 15) is 35.8 Å². The second-order valence-electron chi connectivity index (χ2n) is 10.0. The third-order valence-corrected chi connectivity index (χ3v) is 10.3. The van der Waals surface area contributed by atoms with Crippen molar-refractivity contribution in [2.75, 3.05) is 24.4 Å². The van der Waals surface area contributed by atoms with E-state index in [2.05, 4.69) is 4.72 Å². The topological polar surface area (TPSA) is 103 Å². The summed E-state index contributed by atoms with van der Waals surface area (Å²) in [5, 5.41) is 11.9. The normalized spacial score (nSPS) is 15.9. The molecule has 14 heteroatoms. The number of hydrogen-bond donors (Lipinski definition) is 1. The van der Waals surface area contributed by atoms with Crippen molar-refractivity contribution in [3.63, 3.8) is 0 Å². The number of likely N-dealkylation sites (tertiary alicyclic amines) is 1. The first-order chi connectivity index (χ1) is 19.7. The van der Waals surface area contributed by atoms with E-state index < -0.39 is 42.5 Å². The van der Waals surface area contributed by atoms with Gasteiger partial charge in [-0.2, -0.15) is 13.2 Å². The smallest absolute Gasteiger partial charge is 0.417 e. The molecule has 0 aromatic heterocycles. The van der Waals surface area contributed by atoms with Crippen molar-refractivity contribution in [1.29, 1.82) is 0 Å². The Labute approximate surface area is 254 Å². The summed E-state index contributed by atoms with van der Waals surface area (Å²) in [6.45, 7) is 1.60. The number of carbonyl (C=O) groups is 1. The van der Waals surface area contributed by atoms with E-state index in [-0.39, 0.29) is 38.2 Å². The molecular weight excluding hydrogens is 636 g/mol. The summed E-state index contributed by atoms with van der Waals surface area (Å²) in [4.78, 5) is 12.0. The molecule has 1 aliphatic heterocycles. The van der Waals surface area contributed by atoms with E-state index >= 15 is 0 Å². The molecule has 7 nitrogen and oxygen atoms in total. The number of nitrogens with zero attached hydrogens (tertiary/aromatic N) is 1. The van der Waals surface area contributed by atoms with E-state index in [1.54, 1.807) is 24.3 Å². The second kappa shape index (κ2) is 13.0. The molecule has 1 N–H and O–H groups in total. The Morgan fingerprint density at radius 2 is 1.67 bits per heavy atom. The first-order valence-electron chi connectivity index (χ1n) is 12.9. The Bertz CT molecular complexity index is 1590. The minimum atomic E-state index is -4.88. The fourth-order valence-electron chi connectivity index (χ4n) is 4.70. The van der Waals surface area contributed by atoms with Crippen LogP contribution in [0.4, 0.5) is 18.9 Å². The maximum Gasteiger partial charge on any atom is 0.417 e. The summed E-state index contributed by atoms with van der Waals surface area (Å²) in [6.07, 6.45) is -2.31. The number of Topliss-reactive ketones (excluding diaryl/α,β-unsaturated/α-hetero) is 1. The Balaban J connectivity index is 1.45. The molecule has 0 spiro atoms. The molecule has 1 unspecified atom stereocenters. The summed E-state index contributed by atoms with van der Waals surface area (Å²) >= 11 is 11.7. The lowest BCUT2D eigenvalue weighted by Gasteiger charge is -2.38. The standard InChI is InChI=1S/C28H27Cl2F3N2O5S2/c29-21-9-12-27(25(16-21)34-42(39,40)22-10-11-24(30)23(17-22)28(31,32)33)41(38)18-19-5-7-20(8-6-19)26(36)4-3-15-35(37)13-1-2-14-35/h5-12,16-17,34H,1-4,13-15,18H2. The molecule has 4 rings (SSSR count). The minimum Gasteiger partial charge on any atom is -0.633 e. The van der Waals surface area contributed by atoms with Crippen molar-refractivity contribution in [3.05, 3.63) is 92.6 Å². The Kier molecular flexibility index (Phi) is 10.1. The van der Waals surface area contributed by atoms with Gasteiger partial charge in [-0.15, -0.1) is 0 Å². The molecule has 0 saturated carbocycles. The second-order valence-corrected chi connectivity index (χ2v) is 14.0. The van der Waals surface area contributed by atoms with Crippen LogP contribution in [0.5, 0.6) is 0 Å². The first-order valence-corrected chi connectivity index (χ1v) is 16.5. The van der Waals surface area contributed by atoms with Crippen molar-refractivity contribution in [2.24, 2.45) is 0 Å². The number of rotatable bonds is 11. The largest absolute Gasteiger partial charge is 0.633 e.